The molecule has 1 aliphatic heterocycles. The van der Waals surface area contributed by atoms with E-state index in [9.17, 15) is 4.39 Å². The molecular formula is C19H23FN2O2. The lowest BCUT2D eigenvalue weighted by molar-refractivity contribution is -0.117. The second kappa shape index (κ2) is 7.28. The number of halogens is 1. The van der Waals surface area contributed by atoms with Crippen LogP contribution in [0.15, 0.2) is 42.5 Å². The number of ether oxygens (including phenoxy) is 2. The fourth-order valence-electron chi connectivity index (χ4n) is 3.03. The van der Waals surface area contributed by atoms with E-state index in [0.29, 0.717) is 19.0 Å². The predicted octanol–water partition coefficient (Wildman–Crippen LogP) is 3.27. The number of aromatic nitrogens is 1. The summed E-state index contributed by atoms with van der Waals surface area (Å²) in [4.78, 5) is 6.79. The third kappa shape index (κ3) is 4.30. The van der Waals surface area contributed by atoms with Gasteiger partial charge in [-0.1, -0.05) is 25.1 Å². The van der Waals surface area contributed by atoms with E-state index in [1.54, 1.807) is 19.2 Å². The largest absolute Gasteiger partial charge is 0.481 e. The minimum absolute atomic E-state index is 0.145. The molecule has 1 aromatic heterocycles. The fraction of sp³-hybridized carbons (Fsp3) is 0.421. The van der Waals surface area contributed by atoms with Crippen molar-refractivity contribution in [2.75, 3.05) is 26.9 Å². The highest BCUT2D eigenvalue weighted by Gasteiger charge is 2.35. The molecule has 0 bridgehead atoms. The SMILES string of the molecule is COc1cccc(CN(Cc2cccc(F)c2)CC2(C)COC2)n1. The first kappa shape index (κ1) is 16.9. The van der Waals surface area contributed by atoms with Gasteiger partial charge < -0.3 is 9.47 Å². The maximum absolute atomic E-state index is 13.5. The molecule has 0 amide bonds. The van der Waals surface area contributed by atoms with Crippen LogP contribution in [0.5, 0.6) is 5.88 Å². The van der Waals surface area contributed by atoms with Crippen LogP contribution in [0.25, 0.3) is 0 Å². The van der Waals surface area contributed by atoms with Crippen molar-refractivity contribution >= 4 is 0 Å². The number of benzene rings is 1. The molecule has 3 rings (SSSR count). The van der Waals surface area contributed by atoms with E-state index in [0.717, 1.165) is 31.0 Å². The number of pyridine rings is 1. The van der Waals surface area contributed by atoms with Gasteiger partial charge >= 0.3 is 0 Å². The Morgan fingerprint density at radius 2 is 2.00 bits per heavy atom. The number of hydrogen-bond donors (Lipinski definition) is 0. The van der Waals surface area contributed by atoms with Gasteiger partial charge in [-0.3, -0.25) is 4.90 Å². The second-order valence-corrected chi connectivity index (χ2v) is 6.75. The summed E-state index contributed by atoms with van der Waals surface area (Å²) in [7, 11) is 1.61. The van der Waals surface area contributed by atoms with Gasteiger partial charge in [0.2, 0.25) is 5.88 Å². The molecule has 0 atom stereocenters. The monoisotopic (exact) mass is 330 g/mol. The Hall–Kier alpha value is -1.98. The second-order valence-electron chi connectivity index (χ2n) is 6.75. The van der Waals surface area contributed by atoms with Gasteiger partial charge in [0.25, 0.3) is 0 Å². The van der Waals surface area contributed by atoms with Gasteiger partial charge in [0.05, 0.1) is 26.0 Å². The average molecular weight is 330 g/mol. The molecule has 4 nitrogen and oxygen atoms in total. The fourth-order valence-corrected chi connectivity index (χ4v) is 3.03. The van der Waals surface area contributed by atoms with Crippen LogP contribution >= 0.6 is 0 Å². The minimum Gasteiger partial charge on any atom is -0.481 e. The van der Waals surface area contributed by atoms with Gasteiger partial charge in [0, 0.05) is 31.1 Å². The van der Waals surface area contributed by atoms with E-state index in [2.05, 4.69) is 16.8 Å². The van der Waals surface area contributed by atoms with Crippen molar-refractivity contribution in [1.82, 2.24) is 9.88 Å². The maximum atomic E-state index is 13.5. The van der Waals surface area contributed by atoms with Gasteiger partial charge in [0.1, 0.15) is 5.82 Å². The Bertz CT molecular complexity index is 689. The smallest absolute Gasteiger partial charge is 0.213 e. The van der Waals surface area contributed by atoms with E-state index in [1.807, 2.05) is 24.3 Å². The normalized spacial score (nSPS) is 16.0. The van der Waals surface area contributed by atoms with Crippen molar-refractivity contribution in [1.29, 1.82) is 0 Å². The standard InChI is InChI=1S/C19H23FN2O2/c1-19(13-24-14-19)12-22(10-15-5-3-6-16(20)9-15)11-17-7-4-8-18(21-17)23-2/h3-9H,10-14H2,1-2H3. The summed E-state index contributed by atoms with van der Waals surface area (Å²) in [6.45, 7) is 5.97. The zero-order valence-electron chi connectivity index (χ0n) is 14.2. The molecule has 1 aromatic carbocycles. The molecule has 0 saturated carbocycles. The first-order chi connectivity index (χ1) is 11.6. The molecule has 1 fully saturated rings. The van der Waals surface area contributed by atoms with Crippen molar-refractivity contribution < 1.29 is 13.9 Å². The molecule has 0 radical (unpaired) electrons. The van der Waals surface area contributed by atoms with Gasteiger partial charge in [0.15, 0.2) is 0 Å². The molecule has 2 aromatic rings. The molecule has 128 valence electrons. The van der Waals surface area contributed by atoms with Gasteiger partial charge in [-0.15, -0.1) is 0 Å². The summed E-state index contributed by atoms with van der Waals surface area (Å²) in [6, 6.07) is 12.5. The summed E-state index contributed by atoms with van der Waals surface area (Å²) < 4.78 is 24.1. The first-order valence-corrected chi connectivity index (χ1v) is 8.11. The van der Waals surface area contributed by atoms with E-state index in [4.69, 9.17) is 9.47 Å². The zero-order chi connectivity index (χ0) is 17.0. The van der Waals surface area contributed by atoms with Crippen molar-refractivity contribution in [2.24, 2.45) is 5.41 Å². The molecule has 0 spiro atoms. The van der Waals surface area contributed by atoms with Crippen LogP contribution in [0, 0.1) is 11.2 Å². The third-order valence-electron chi connectivity index (χ3n) is 4.18. The Morgan fingerprint density at radius 3 is 2.67 bits per heavy atom. The highest BCUT2D eigenvalue weighted by molar-refractivity contribution is 5.18. The van der Waals surface area contributed by atoms with E-state index < -0.39 is 0 Å². The quantitative estimate of drug-likeness (QED) is 0.780. The summed E-state index contributed by atoms with van der Waals surface area (Å²) >= 11 is 0. The lowest BCUT2D eigenvalue weighted by atomic mass is 9.88. The molecule has 0 unspecified atom stereocenters. The zero-order valence-corrected chi connectivity index (χ0v) is 14.2. The summed E-state index contributed by atoms with van der Waals surface area (Å²) in [5.41, 5.74) is 2.04. The van der Waals surface area contributed by atoms with E-state index in [-0.39, 0.29) is 11.2 Å². The Balaban J connectivity index is 1.75. The van der Waals surface area contributed by atoms with Crippen LogP contribution in [0.3, 0.4) is 0 Å². The topological polar surface area (TPSA) is 34.6 Å². The molecule has 24 heavy (non-hydrogen) atoms. The Kier molecular flexibility index (Phi) is 5.11. The van der Waals surface area contributed by atoms with Crippen LogP contribution in [-0.2, 0) is 17.8 Å². The molecule has 5 heteroatoms. The minimum atomic E-state index is -0.204. The summed E-state index contributed by atoms with van der Waals surface area (Å²) in [5.74, 6) is 0.404. The number of rotatable bonds is 7. The van der Waals surface area contributed by atoms with Crippen LogP contribution in [0.4, 0.5) is 4.39 Å². The highest BCUT2D eigenvalue weighted by Crippen LogP contribution is 2.29. The number of methoxy groups -OCH3 is 1. The molecule has 1 saturated heterocycles. The summed E-state index contributed by atoms with van der Waals surface area (Å²) in [5, 5.41) is 0. The van der Waals surface area contributed by atoms with Crippen LogP contribution in [-0.4, -0.2) is 36.8 Å². The number of hydrogen-bond acceptors (Lipinski definition) is 4. The van der Waals surface area contributed by atoms with Gasteiger partial charge in [-0.2, -0.15) is 0 Å². The number of nitrogens with zero attached hydrogens (tertiary/aromatic N) is 2. The summed E-state index contributed by atoms with van der Waals surface area (Å²) in [6.07, 6.45) is 0. The lowest BCUT2D eigenvalue weighted by Gasteiger charge is -2.41. The Morgan fingerprint density at radius 1 is 1.21 bits per heavy atom. The highest BCUT2D eigenvalue weighted by atomic mass is 19.1. The first-order valence-electron chi connectivity index (χ1n) is 8.11. The van der Waals surface area contributed by atoms with Crippen molar-refractivity contribution in [3.63, 3.8) is 0 Å². The average Bonchev–Trinajstić information content (AvgIpc) is 2.53. The molecule has 2 heterocycles. The molecule has 1 aliphatic rings. The molecular weight excluding hydrogens is 307 g/mol. The lowest BCUT2D eigenvalue weighted by Crippen LogP contribution is -2.48. The third-order valence-corrected chi connectivity index (χ3v) is 4.18. The van der Waals surface area contributed by atoms with Crippen LogP contribution in [0.1, 0.15) is 18.2 Å². The van der Waals surface area contributed by atoms with Crippen molar-refractivity contribution in [3.05, 3.63) is 59.5 Å². The van der Waals surface area contributed by atoms with Crippen LogP contribution < -0.4 is 4.74 Å². The molecule has 0 N–H and O–H groups in total. The van der Waals surface area contributed by atoms with Crippen molar-refractivity contribution in [3.8, 4) is 5.88 Å². The van der Waals surface area contributed by atoms with E-state index in [1.165, 1.54) is 6.07 Å². The maximum Gasteiger partial charge on any atom is 0.213 e. The van der Waals surface area contributed by atoms with Gasteiger partial charge in [-0.25, -0.2) is 9.37 Å². The Labute approximate surface area is 142 Å². The van der Waals surface area contributed by atoms with Crippen LogP contribution in [0.2, 0.25) is 0 Å². The predicted molar refractivity (Wildman–Crippen MR) is 90.2 cm³/mol. The van der Waals surface area contributed by atoms with Crippen molar-refractivity contribution in [2.45, 2.75) is 20.0 Å². The molecule has 0 aliphatic carbocycles. The van der Waals surface area contributed by atoms with Gasteiger partial charge in [-0.05, 0) is 23.8 Å². The van der Waals surface area contributed by atoms with E-state index >= 15 is 0 Å².